The van der Waals surface area contributed by atoms with Gasteiger partial charge < -0.3 is 15.1 Å². The molecule has 1 fully saturated rings. The molecule has 0 aromatic heterocycles. The van der Waals surface area contributed by atoms with Crippen molar-refractivity contribution in [1.82, 2.24) is 10.2 Å². The average molecular weight is 366 g/mol. The third-order valence-electron chi connectivity index (χ3n) is 4.56. The molecule has 1 aliphatic heterocycles. The van der Waals surface area contributed by atoms with Crippen LogP contribution in [0.1, 0.15) is 33.1 Å². The molecule has 1 aliphatic rings. The minimum Gasteiger partial charge on any atom is -0.368 e. The molecule has 1 aromatic carbocycles. The first-order chi connectivity index (χ1) is 12.0. The van der Waals surface area contributed by atoms with E-state index in [2.05, 4.69) is 24.1 Å². The lowest BCUT2D eigenvalue weighted by molar-refractivity contribution is -0.133. The van der Waals surface area contributed by atoms with Crippen molar-refractivity contribution >= 4 is 29.1 Å². The van der Waals surface area contributed by atoms with E-state index in [1.165, 1.54) is 0 Å². The second kappa shape index (κ2) is 9.66. The van der Waals surface area contributed by atoms with Crippen molar-refractivity contribution < 1.29 is 9.59 Å². The van der Waals surface area contributed by atoms with Crippen molar-refractivity contribution in [3.8, 4) is 0 Å². The first-order valence-electron chi connectivity index (χ1n) is 9.04. The highest BCUT2D eigenvalue weighted by Gasteiger charge is 2.21. The summed E-state index contributed by atoms with van der Waals surface area (Å²) in [4.78, 5) is 28.2. The van der Waals surface area contributed by atoms with Crippen molar-refractivity contribution in [1.29, 1.82) is 0 Å². The molecule has 0 saturated carbocycles. The van der Waals surface area contributed by atoms with Gasteiger partial charge in [0.05, 0.1) is 6.54 Å². The Morgan fingerprint density at radius 1 is 1.24 bits per heavy atom. The fourth-order valence-electron chi connectivity index (χ4n) is 3.16. The Bertz CT molecular complexity index is 586. The lowest BCUT2D eigenvalue weighted by Crippen LogP contribution is -2.51. The molecule has 1 aromatic rings. The number of anilines is 1. The number of halogens is 1. The van der Waals surface area contributed by atoms with Crippen molar-refractivity contribution in [3.05, 3.63) is 29.3 Å². The molecule has 2 rings (SSSR count). The zero-order valence-electron chi connectivity index (χ0n) is 15.1. The van der Waals surface area contributed by atoms with Crippen molar-refractivity contribution in [3.63, 3.8) is 0 Å². The summed E-state index contributed by atoms with van der Waals surface area (Å²) in [5.74, 6) is 0.315. The van der Waals surface area contributed by atoms with Gasteiger partial charge in [-0.05, 0) is 24.1 Å². The largest absolute Gasteiger partial charge is 0.368 e. The molecule has 6 heteroatoms. The van der Waals surface area contributed by atoms with Crippen LogP contribution < -0.4 is 10.2 Å². The molecule has 5 nitrogen and oxygen atoms in total. The Morgan fingerprint density at radius 2 is 1.96 bits per heavy atom. The zero-order valence-corrected chi connectivity index (χ0v) is 15.9. The van der Waals surface area contributed by atoms with Gasteiger partial charge in [-0.3, -0.25) is 9.59 Å². The Morgan fingerprint density at radius 3 is 2.60 bits per heavy atom. The molecule has 1 saturated heterocycles. The van der Waals surface area contributed by atoms with Gasteiger partial charge in [0.15, 0.2) is 0 Å². The van der Waals surface area contributed by atoms with E-state index >= 15 is 0 Å². The fourth-order valence-corrected chi connectivity index (χ4v) is 3.34. The van der Waals surface area contributed by atoms with E-state index in [9.17, 15) is 9.59 Å². The third-order valence-corrected chi connectivity index (χ3v) is 4.79. The maximum atomic E-state index is 12.3. The van der Waals surface area contributed by atoms with Crippen LogP contribution in [0, 0.1) is 5.92 Å². The van der Waals surface area contributed by atoms with E-state index in [4.69, 9.17) is 11.6 Å². The molecular formula is C19H28ClN3O2. The summed E-state index contributed by atoms with van der Waals surface area (Å²) in [5, 5.41) is 3.48. The topological polar surface area (TPSA) is 52.7 Å². The Balaban J connectivity index is 1.73. The number of benzene rings is 1. The van der Waals surface area contributed by atoms with E-state index in [1.54, 1.807) is 0 Å². The Labute approximate surface area is 155 Å². The van der Waals surface area contributed by atoms with Gasteiger partial charge in [0, 0.05) is 43.3 Å². The summed E-state index contributed by atoms with van der Waals surface area (Å²) in [7, 11) is 0. The van der Waals surface area contributed by atoms with Gasteiger partial charge in [-0.1, -0.05) is 44.4 Å². The number of piperazine rings is 1. The molecule has 2 amide bonds. The predicted molar refractivity (Wildman–Crippen MR) is 102 cm³/mol. The van der Waals surface area contributed by atoms with Gasteiger partial charge in [0.1, 0.15) is 0 Å². The molecule has 0 bridgehead atoms. The zero-order chi connectivity index (χ0) is 18.2. The normalized spacial score (nSPS) is 15.8. The monoisotopic (exact) mass is 365 g/mol. The number of carbonyl (C=O) groups is 2. The number of hydrogen-bond donors (Lipinski definition) is 1. The fraction of sp³-hybridized carbons (Fsp3) is 0.579. The molecular weight excluding hydrogens is 338 g/mol. The van der Waals surface area contributed by atoms with Crippen molar-refractivity contribution in [2.75, 3.05) is 37.6 Å². The predicted octanol–water partition coefficient (Wildman–Crippen LogP) is 2.93. The van der Waals surface area contributed by atoms with Crippen LogP contribution in [-0.2, 0) is 9.59 Å². The molecule has 1 N–H and O–H groups in total. The molecule has 0 spiro atoms. The van der Waals surface area contributed by atoms with E-state index in [1.807, 2.05) is 29.2 Å². The van der Waals surface area contributed by atoms with Crippen LogP contribution in [-0.4, -0.2) is 49.4 Å². The van der Waals surface area contributed by atoms with Gasteiger partial charge >= 0.3 is 0 Å². The van der Waals surface area contributed by atoms with E-state index < -0.39 is 0 Å². The molecule has 138 valence electrons. The quantitative estimate of drug-likeness (QED) is 0.808. The van der Waals surface area contributed by atoms with Gasteiger partial charge in [0.25, 0.3) is 0 Å². The maximum absolute atomic E-state index is 12.3. The summed E-state index contributed by atoms with van der Waals surface area (Å²) in [5.41, 5.74) is 1.08. The highest BCUT2D eigenvalue weighted by Crippen LogP contribution is 2.20. The Kier molecular flexibility index (Phi) is 7.56. The molecule has 0 aliphatic carbocycles. The standard InChI is InChI=1S/C19H28ClN3O2/c1-3-5-15(2)12-18(24)21-14-19(25)23-10-8-22(9-11-23)17-7-4-6-16(20)13-17/h4,6-7,13,15H,3,5,8-12,14H2,1-2H3,(H,21,24). The van der Waals surface area contributed by atoms with Crippen molar-refractivity contribution in [2.24, 2.45) is 5.92 Å². The number of amides is 2. The van der Waals surface area contributed by atoms with E-state index in [0.717, 1.165) is 36.6 Å². The minimum absolute atomic E-state index is 0.0118. The van der Waals surface area contributed by atoms with Gasteiger partial charge in [-0.15, -0.1) is 0 Å². The van der Waals surface area contributed by atoms with Crippen molar-refractivity contribution in [2.45, 2.75) is 33.1 Å². The molecule has 25 heavy (non-hydrogen) atoms. The van der Waals surface area contributed by atoms with Crippen LogP contribution >= 0.6 is 11.6 Å². The lowest BCUT2D eigenvalue weighted by Gasteiger charge is -2.36. The molecule has 1 unspecified atom stereocenters. The third kappa shape index (κ3) is 6.24. The van der Waals surface area contributed by atoms with Gasteiger partial charge in [-0.25, -0.2) is 0 Å². The number of hydrogen-bond acceptors (Lipinski definition) is 3. The second-order valence-corrected chi connectivity index (χ2v) is 7.16. The van der Waals surface area contributed by atoms with Crippen LogP contribution in [0.5, 0.6) is 0 Å². The number of carbonyl (C=O) groups excluding carboxylic acids is 2. The second-order valence-electron chi connectivity index (χ2n) is 6.72. The first kappa shape index (κ1) is 19.6. The highest BCUT2D eigenvalue weighted by atomic mass is 35.5. The number of nitrogens with one attached hydrogen (secondary N) is 1. The molecule has 1 atom stereocenters. The summed E-state index contributed by atoms with van der Waals surface area (Å²) < 4.78 is 0. The summed E-state index contributed by atoms with van der Waals surface area (Å²) in [6.45, 7) is 7.14. The smallest absolute Gasteiger partial charge is 0.242 e. The summed E-state index contributed by atoms with van der Waals surface area (Å²) >= 11 is 6.04. The number of nitrogens with zero attached hydrogens (tertiary/aromatic N) is 2. The molecule has 1 heterocycles. The molecule has 0 radical (unpaired) electrons. The van der Waals surface area contributed by atoms with Crippen LogP contribution in [0.15, 0.2) is 24.3 Å². The number of rotatable bonds is 7. The first-order valence-corrected chi connectivity index (χ1v) is 9.42. The average Bonchev–Trinajstić information content (AvgIpc) is 2.60. The summed E-state index contributed by atoms with van der Waals surface area (Å²) in [6.07, 6.45) is 2.60. The minimum atomic E-state index is -0.0353. The maximum Gasteiger partial charge on any atom is 0.242 e. The van der Waals surface area contributed by atoms with E-state index in [-0.39, 0.29) is 18.4 Å². The van der Waals surface area contributed by atoms with Crippen LogP contribution in [0.3, 0.4) is 0 Å². The SMILES string of the molecule is CCCC(C)CC(=O)NCC(=O)N1CCN(c2cccc(Cl)c2)CC1. The lowest BCUT2D eigenvalue weighted by atomic mass is 10.0. The van der Waals surface area contributed by atoms with Gasteiger partial charge in [-0.2, -0.15) is 0 Å². The summed E-state index contributed by atoms with van der Waals surface area (Å²) in [6, 6.07) is 7.76. The van der Waals surface area contributed by atoms with Crippen LogP contribution in [0.4, 0.5) is 5.69 Å². The van der Waals surface area contributed by atoms with Crippen LogP contribution in [0.25, 0.3) is 0 Å². The van der Waals surface area contributed by atoms with Gasteiger partial charge in [0.2, 0.25) is 11.8 Å². The van der Waals surface area contributed by atoms with Crippen LogP contribution in [0.2, 0.25) is 5.02 Å². The Hall–Kier alpha value is -1.75. The highest BCUT2D eigenvalue weighted by molar-refractivity contribution is 6.30. The van der Waals surface area contributed by atoms with E-state index in [0.29, 0.717) is 25.4 Å².